The summed E-state index contributed by atoms with van der Waals surface area (Å²) in [7, 11) is 0. The fourth-order valence-corrected chi connectivity index (χ4v) is 4.20. The zero-order valence-corrected chi connectivity index (χ0v) is 21.3. The molecule has 0 saturated heterocycles. The Bertz CT molecular complexity index is 1820. The number of hydrogen-bond donors (Lipinski definition) is 4. The Morgan fingerprint density at radius 1 is 1.00 bits per heavy atom. The van der Waals surface area contributed by atoms with E-state index in [4.69, 9.17) is 4.42 Å². The smallest absolute Gasteiger partial charge is 0.273 e. The summed E-state index contributed by atoms with van der Waals surface area (Å²) in [6.45, 7) is 2.28. The molecule has 0 amide bonds. The van der Waals surface area contributed by atoms with Crippen molar-refractivity contribution in [3.05, 3.63) is 89.0 Å². The van der Waals surface area contributed by atoms with Crippen molar-refractivity contribution in [3.63, 3.8) is 0 Å². The van der Waals surface area contributed by atoms with Gasteiger partial charge in [-0.15, -0.1) is 10.2 Å². The first-order chi connectivity index (χ1) is 19.6. The summed E-state index contributed by atoms with van der Waals surface area (Å²) < 4.78 is 7.58. The largest absolute Gasteiger partial charge is 0.414 e. The van der Waals surface area contributed by atoms with Gasteiger partial charge in [-0.2, -0.15) is 4.98 Å². The predicted octanol–water partition coefficient (Wildman–Crippen LogP) is 3.54. The molecule has 0 bridgehead atoms. The molecule has 5 aromatic heterocycles. The number of H-pyrrole nitrogens is 1. The number of hydrogen-bond acceptors (Lipinski definition) is 11. The molecule has 0 spiro atoms. The quantitative estimate of drug-likeness (QED) is 0.213. The fourth-order valence-electron chi connectivity index (χ4n) is 4.20. The third-order valence-electron chi connectivity index (χ3n) is 6.19. The summed E-state index contributed by atoms with van der Waals surface area (Å²) >= 11 is 0. The van der Waals surface area contributed by atoms with Crippen LogP contribution >= 0.6 is 0 Å². The van der Waals surface area contributed by atoms with E-state index in [-0.39, 0.29) is 29.9 Å². The van der Waals surface area contributed by atoms with Gasteiger partial charge >= 0.3 is 0 Å². The average molecular weight is 537 g/mol. The highest BCUT2D eigenvalue weighted by Gasteiger charge is 2.21. The monoisotopic (exact) mass is 536 g/mol. The molecule has 6 aromatic rings. The van der Waals surface area contributed by atoms with E-state index in [1.807, 2.05) is 43.3 Å². The van der Waals surface area contributed by atoms with Crippen molar-refractivity contribution in [2.24, 2.45) is 0 Å². The van der Waals surface area contributed by atoms with E-state index in [2.05, 4.69) is 45.9 Å². The van der Waals surface area contributed by atoms with Gasteiger partial charge in [0.05, 0.1) is 23.6 Å². The molecule has 1 atom stereocenters. The Labute approximate surface area is 227 Å². The van der Waals surface area contributed by atoms with Gasteiger partial charge in [-0.1, -0.05) is 36.4 Å². The molecule has 5 heterocycles. The molecule has 13 nitrogen and oxygen atoms in total. The third kappa shape index (κ3) is 4.88. The van der Waals surface area contributed by atoms with Crippen molar-refractivity contribution >= 4 is 28.6 Å². The molecule has 6 rings (SSSR count). The fraction of sp³-hybridized carbons (Fsp3) is 0.148. The first-order valence-corrected chi connectivity index (χ1v) is 12.5. The van der Waals surface area contributed by atoms with Crippen LogP contribution in [0.1, 0.15) is 18.5 Å². The Kier molecular flexibility index (Phi) is 6.68. The van der Waals surface area contributed by atoms with Crippen molar-refractivity contribution in [2.75, 3.05) is 17.2 Å². The van der Waals surface area contributed by atoms with Gasteiger partial charge in [0.25, 0.3) is 17.3 Å². The maximum Gasteiger partial charge on any atom is 0.273 e. The van der Waals surface area contributed by atoms with E-state index >= 15 is 0 Å². The standard InChI is InChI=1S/C27H24N10O3/c1-2-37-23-17(24(39)36-37)11-12-21(31-23)32-27-29-14-18(25-34-35-26(40-25)19-10-6-7-13-28-19)22(33-27)30-20(15-38)16-8-4-3-5-9-16/h3-14,20,38H,2,15H2,1H3,(H,36,39)(H2,29,30,31,32,33)/t20-/m1/s1. The second kappa shape index (κ2) is 10.7. The molecule has 0 aliphatic heterocycles. The number of aryl methyl sites for hydroxylation is 1. The van der Waals surface area contributed by atoms with Crippen molar-refractivity contribution in [1.29, 1.82) is 0 Å². The average Bonchev–Trinajstić information content (AvgIpc) is 3.61. The van der Waals surface area contributed by atoms with E-state index in [1.165, 1.54) is 0 Å². The maximum atomic E-state index is 12.2. The summed E-state index contributed by atoms with van der Waals surface area (Å²) in [4.78, 5) is 30.1. The van der Waals surface area contributed by atoms with Crippen LogP contribution in [0, 0.1) is 0 Å². The summed E-state index contributed by atoms with van der Waals surface area (Å²) in [5.41, 5.74) is 2.14. The number of nitrogens with zero attached hydrogens (tertiary/aromatic N) is 7. The minimum Gasteiger partial charge on any atom is -0.414 e. The maximum absolute atomic E-state index is 12.2. The normalized spacial score (nSPS) is 11.9. The molecule has 40 heavy (non-hydrogen) atoms. The molecule has 0 aliphatic carbocycles. The van der Waals surface area contributed by atoms with Crippen LogP contribution in [0.3, 0.4) is 0 Å². The number of aromatic amines is 1. The summed E-state index contributed by atoms with van der Waals surface area (Å²) in [6, 6.07) is 17.8. The number of anilines is 3. The van der Waals surface area contributed by atoms with Gasteiger partial charge in [0.2, 0.25) is 5.95 Å². The highest BCUT2D eigenvalue weighted by atomic mass is 16.4. The molecule has 0 unspecified atom stereocenters. The van der Waals surface area contributed by atoms with E-state index < -0.39 is 6.04 Å². The van der Waals surface area contributed by atoms with E-state index in [0.29, 0.717) is 40.5 Å². The van der Waals surface area contributed by atoms with Crippen LogP contribution in [0.5, 0.6) is 0 Å². The Hall–Kier alpha value is -5.43. The summed E-state index contributed by atoms with van der Waals surface area (Å²) in [5, 5.41) is 28.1. The van der Waals surface area contributed by atoms with Crippen LogP contribution in [0.25, 0.3) is 34.1 Å². The van der Waals surface area contributed by atoms with E-state index in [9.17, 15) is 9.90 Å². The molecular formula is C27H24N10O3. The van der Waals surface area contributed by atoms with Crippen molar-refractivity contribution in [3.8, 4) is 23.0 Å². The SMILES string of the molecule is CCn1[nH]c(=O)c2ccc(Nc3ncc(-c4nnc(-c5ccccn5)o4)c(N[C@H](CO)c4ccccc4)n3)nc21. The van der Waals surface area contributed by atoms with E-state index in [1.54, 1.807) is 41.3 Å². The topological polar surface area (TPSA) is 173 Å². The minimum atomic E-state index is -0.478. The Balaban J connectivity index is 1.38. The number of aliphatic hydroxyl groups excluding tert-OH is 1. The van der Waals surface area contributed by atoms with Gasteiger partial charge in [-0.05, 0) is 36.8 Å². The second-order valence-electron chi connectivity index (χ2n) is 8.75. The number of fused-ring (bicyclic) bond motifs is 1. The van der Waals surface area contributed by atoms with Crippen molar-refractivity contribution in [2.45, 2.75) is 19.5 Å². The number of aromatic nitrogens is 8. The van der Waals surface area contributed by atoms with Gasteiger partial charge in [0.1, 0.15) is 17.3 Å². The molecule has 0 radical (unpaired) electrons. The van der Waals surface area contributed by atoms with Crippen LogP contribution < -0.4 is 16.2 Å². The highest BCUT2D eigenvalue weighted by molar-refractivity contribution is 5.77. The molecular weight excluding hydrogens is 512 g/mol. The molecule has 0 fully saturated rings. The third-order valence-corrected chi connectivity index (χ3v) is 6.19. The van der Waals surface area contributed by atoms with Gasteiger partial charge < -0.3 is 20.2 Å². The summed E-state index contributed by atoms with van der Waals surface area (Å²) in [6.07, 6.45) is 3.18. The van der Waals surface area contributed by atoms with Gasteiger partial charge in [-0.3, -0.25) is 19.6 Å². The minimum absolute atomic E-state index is 0.179. The molecule has 13 heteroatoms. The van der Waals surface area contributed by atoms with Gasteiger partial charge in [0, 0.05) is 18.9 Å². The van der Waals surface area contributed by atoms with Crippen molar-refractivity contribution < 1.29 is 9.52 Å². The first-order valence-electron chi connectivity index (χ1n) is 12.5. The zero-order chi connectivity index (χ0) is 27.5. The van der Waals surface area contributed by atoms with Crippen LogP contribution in [0.15, 0.2) is 82.3 Å². The zero-order valence-electron chi connectivity index (χ0n) is 21.3. The number of benzene rings is 1. The first kappa shape index (κ1) is 24.9. The van der Waals surface area contributed by atoms with Crippen LogP contribution in [-0.2, 0) is 6.54 Å². The lowest BCUT2D eigenvalue weighted by molar-refractivity contribution is 0.276. The highest BCUT2D eigenvalue weighted by Crippen LogP contribution is 2.31. The van der Waals surface area contributed by atoms with E-state index in [0.717, 1.165) is 5.56 Å². The molecule has 4 N–H and O–H groups in total. The lowest BCUT2D eigenvalue weighted by Crippen LogP contribution is -2.17. The Morgan fingerprint density at radius 2 is 1.82 bits per heavy atom. The van der Waals surface area contributed by atoms with Crippen molar-refractivity contribution in [1.82, 2.24) is 39.9 Å². The molecule has 0 saturated carbocycles. The number of rotatable bonds is 9. The lowest BCUT2D eigenvalue weighted by atomic mass is 10.1. The van der Waals surface area contributed by atoms with Gasteiger partial charge in [0.15, 0.2) is 5.65 Å². The number of nitrogens with one attached hydrogen (secondary N) is 3. The van der Waals surface area contributed by atoms with Crippen LogP contribution in [0.4, 0.5) is 17.6 Å². The molecule has 0 aliphatic rings. The Morgan fingerprint density at radius 3 is 2.60 bits per heavy atom. The number of aliphatic hydroxyl groups is 1. The van der Waals surface area contributed by atoms with Crippen LogP contribution in [0.2, 0.25) is 0 Å². The number of pyridine rings is 2. The summed E-state index contributed by atoms with van der Waals surface area (Å²) in [5.74, 6) is 1.46. The van der Waals surface area contributed by atoms with Gasteiger partial charge in [-0.25, -0.2) is 9.97 Å². The predicted molar refractivity (Wildman–Crippen MR) is 148 cm³/mol. The lowest BCUT2D eigenvalue weighted by Gasteiger charge is -2.19. The molecule has 200 valence electrons. The van der Waals surface area contributed by atoms with Crippen LogP contribution in [-0.4, -0.2) is 51.6 Å². The second-order valence-corrected chi connectivity index (χ2v) is 8.75. The molecule has 1 aromatic carbocycles.